The fraction of sp³-hybridized carbons (Fsp3) is 0.900. The van der Waals surface area contributed by atoms with Gasteiger partial charge in [0.15, 0.2) is 0 Å². The molecule has 1 rings (SSSR count). The van der Waals surface area contributed by atoms with Crippen LogP contribution in [0.3, 0.4) is 0 Å². The van der Waals surface area contributed by atoms with Gasteiger partial charge in [-0.05, 0) is 40.5 Å². The molecule has 1 atom stereocenters. The van der Waals surface area contributed by atoms with Gasteiger partial charge in [0.1, 0.15) is 5.54 Å². The number of aliphatic carboxylic acids is 1. The second-order valence-corrected chi connectivity index (χ2v) is 7.99. The van der Waals surface area contributed by atoms with Crippen LogP contribution in [0.4, 0.5) is 0 Å². The van der Waals surface area contributed by atoms with Gasteiger partial charge in [-0.1, -0.05) is 0 Å². The lowest BCUT2D eigenvalue weighted by molar-refractivity contribution is -0.146. The molecule has 0 bridgehead atoms. The molecule has 0 aromatic carbocycles. The molecule has 1 fully saturated rings. The first kappa shape index (κ1) is 13.4. The topological polar surface area (TPSA) is 74.7 Å². The molecule has 94 valence electrons. The van der Waals surface area contributed by atoms with Crippen molar-refractivity contribution in [2.45, 2.75) is 50.8 Å². The number of rotatable bonds is 2. The van der Waals surface area contributed by atoms with Crippen LogP contribution in [0, 0.1) is 0 Å². The summed E-state index contributed by atoms with van der Waals surface area (Å²) in [6.45, 7) is 6.53. The van der Waals surface area contributed by atoms with Crippen LogP contribution in [0.15, 0.2) is 0 Å². The van der Waals surface area contributed by atoms with Crippen molar-refractivity contribution in [3.63, 3.8) is 0 Å². The lowest BCUT2D eigenvalue weighted by Gasteiger charge is -2.35. The Hall–Kier alpha value is -0.620. The summed E-state index contributed by atoms with van der Waals surface area (Å²) in [5.74, 6) is -1.07. The molecule has 5 nitrogen and oxygen atoms in total. The Labute approximate surface area is 96.5 Å². The van der Waals surface area contributed by atoms with E-state index in [1.807, 2.05) is 0 Å². The molecule has 1 heterocycles. The highest BCUT2D eigenvalue weighted by Crippen LogP contribution is 2.36. The van der Waals surface area contributed by atoms with Crippen LogP contribution in [-0.2, 0) is 14.8 Å². The minimum absolute atomic E-state index is 0.294. The van der Waals surface area contributed by atoms with E-state index in [-0.39, 0.29) is 0 Å². The third-order valence-electron chi connectivity index (χ3n) is 3.10. The molecular formula is C10H19NO4S. The van der Waals surface area contributed by atoms with E-state index in [4.69, 9.17) is 5.11 Å². The average molecular weight is 249 g/mol. The molecule has 0 aliphatic carbocycles. The summed E-state index contributed by atoms with van der Waals surface area (Å²) in [4.78, 5) is 11.2. The van der Waals surface area contributed by atoms with Gasteiger partial charge in [0.05, 0.1) is 4.75 Å². The van der Waals surface area contributed by atoms with Crippen molar-refractivity contribution in [3.8, 4) is 0 Å². The fourth-order valence-electron chi connectivity index (χ4n) is 1.87. The maximum atomic E-state index is 12.2. The van der Waals surface area contributed by atoms with Gasteiger partial charge < -0.3 is 5.11 Å². The monoisotopic (exact) mass is 249 g/mol. The van der Waals surface area contributed by atoms with Gasteiger partial charge in [0.2, 0.25) is 10.0 Å². The highest BCUT2D eigenvalue weighted by atomic mass is 32.2. The standard InChI is InChI=1S/C10H19NO4S/c1-9(2,3)16(14,15)11-7-5-6-10(11,4)8(12)13/h5-7H2,1-4H3,(H,12,13). The number of carbonyl (C=O) groups is 1. The summed E-state index contributed by atoms with van der Waals surface area (Å²) in [6, 6.07) is 0. The first-order valence-electron chi connectivity index (χ1n) is 5.29. The lowest BCUT2D eigenvalue weighted by atomic mass is 10.0. The van der Waals surface area contributed by atoms with Crippen molar-refractivity contribution in [2.75, 3.05) is 6.54 Å². The molecule has 0 radical (unpaired) electrons. The van der Waals surface area contributed by atoms with Gasteiger partial charge in [0.25, 0.3) is 0 Å². The molecule has 0 saturated carbocycles. The van der Waals surface area contributed by atoms with E-state index in [0.717, 1.165) is 4.31 Å². The molecule has 0 amide bonds. The molecule has 0 aromatic heterocycles. The molecule has 16 heavy (non-hydrogen) atoms. The van der Waals surface area contributed by atoms with Crippen molar-refractivity contribution in [3.05, 3.63) is 0 Å². The molecule has 0 spiro atoms. The van der Waals surface area contributed by atoms with Crippen molar-refractivity contribution in [1.29, 1.82) is 0 Å². The fourth-order valence-corrected chi connectivity index (χ4v) is 3.60. The summed E-state index contributed by atoms with van der Waals surface area (Å²) in [6.07, 6.45) is 0.968. The Morgan fingerprint density at radius 3 is 2.25 bits per heavy atom. The summed E-state index contributed by atoms with van der Waals surface area (Å²) in [5, 5.41) is 9.17. The van der Waals surface area contributed by atoms with E-state index in [2.05, 4.69) is 0 Å². The van der Waals surface area contributed by atoms with E-state index in [9.17, 15) is 13.2 Å². The normalized spacial score (nSPS) is 28.2. The molecule has 1 unspecified atom stereocenters. The molecule has 1 aliphatic heterocycles. The van der Waals surface area contributed by atoms with Crippen LogP contribution in [0.1, 0.15) is 40.5 Å². The first-order chi connectivity index (χ1) is 7.03. The minimum atomic E-state index is -3.58. The smallest absolute Gasteiger partial charge is 0.324 e. The lowest BCUT2D eigenvalue weighted by Crippen LogP contribution is -2.55. The second-order valence-electron chi connectivity index (χ2n) is 5.37. The van der Waals surface area contributed by atoms with Crippen molar-refractivity contribution in [1.82, 2.24) is 4.31 Å². The summed E-state index contributed by atoms with van der Waals surface area (Å²) in [5.41, 5.74) is -1.29. The quantitative estimate of drug-likeness (QED) is 0.794. The van der Waals surface area contributed by atoms with Crippen molar-refractivity contribution in [2.24, 2.45) is 0 Å². The highest BCUT2D eigenvalue weighted by Gasteiger charge is 2.52. The van der Waals surface area contributed by atoms with Crippen LogP contribution >= 0.6 is 0 Å². The van der Waals surface area contributed by atoms with Gasteiger partial charge in [-0.3, -0.25) is 4.79 Å². The first-order valence-corrected chi connectivity index (χ1v) is 6.73. The Morgan fingerprint density at radius 2 is 1.88 bits per heavy atom. The van der Waals surface area contributed by atoms with E-state index >= 15 is 0 Å². The largest absolute Gasteiger partial charge is 0.480 e. The van der Waals surface area contributed by atoms with Gasteiger partial charge in [-0.2, -0.15) is 4.31 Å². The average Bonchev–Trinajstić information content (AvgIpc) is 2.47. The van der Waals surface area contributed by atoms with Crippen LogP contribution in [0.2, 0.25) is 0 Å². The zero-order valence-electron chi connectivity index (χ0n) is 10.1. The Bertz CT molecular complexity index is 396. The predicted octanol–water partition coefficient (Wildman–Crippen LogP) is 1.05. The highest BCUT2D eigenvalue weighted by molar-refractivity contribution is 7.90. The number of carboxylic acids is 1. The van der Waals surface area contributed by atoms with Crippen LogP contribution in [-0.4, -0.2) is 40.6 Å². The van der Waals surface area contributed by atoms with Gasteiger partial charge in [0, 0.05) is 6.54 Å². The van der Waals surface area contributed by atoms with Crippen molar-refractivity contribution >= 4 is 16.0 Å². The molecule has 0 aromatic rings. The number of nitrogens with zero attached hydrogens (tertiary/aromatic N) is 1. The van der Waals surface area contributed by atoms with Crippen LogP contribution in [0.25, 0.3) is 0 Å². The third-order valence-corrected chi connectivity index (χ3v) is 5.81. The van der Waals surface area contributed by atoms with E-state index < -0.39 is 26.3 Å². The number of hydrogen-bond donors (Lipinski definition) is 1. The third kappa shape index (κ3) is 1.84. The Balaban J connectivity index is 3.21. The number of hydrogen-bond acceptors (Lipinski definition) is 3. The Kier molecular flexibility index (Phi) is 3.11. The van der Waals surface area contributed by atoms with Gasteiger partial charge in [-0.15, -0.1) is 0 Å². The van der Waals surface area contributed by atoms with E-state index in [1.54, 1.807) is 20.8 Å². The van der Waals surface area contributed by atoms with Crippen LogP contribution in [0.5, 0.6) is 0 Å². The molecule has 6 heteroatoms. The number of carboxylic acid groups (broad SMARTS) is 1. The molecule has 1 N–H and O–H groups in total. The summed E-state index contributed by atoms with van der Waals surface area (Å²) in [7, 11) is -3.58. The maximum Gasteiger partial charge on any atom is 0.324 e. The second kappa shape index (κ2) is 3.70. The SMILES string of the molecule is CC1(C(=O)O)CCCN1S(=O)(=O)C(C)(C)C. The van der Waals surface area contributed by atoms with E-state index in [1.165, 1.54) is 6.92 Å². The van der Waals surface area contributed by atoms with Gasteiger partial charge >= 0.3 is 5.97 Å². The zero-order valence-corrected chi connectivity index (χ0v) is 11.0. The molecule has 1 saturated heterocycles. The molecular weight excluding hydrogens is 230 g/mol. The number of sulfonamides is 1. The van der Waals surface area contributed by atoms with Crippen LogP contribution < -0.4 is 0 Å². The van der Waals surface area contributed by atoms with Crippen molar-refractivity contribution < 1.29 is 18.3 Å². The maximum absolute atomic E-state index is 12.2. The minimum Gasteiger partial charge on any atom is -0.480 e. The predicted molar refractivity (Wildman–Crippen MR) is 60.7 cm³/mol. The summed E-state index contributed by atoms with van der Waals surface area (Å²) >= 11 is 0. The zero-order chi connectivity index (χ0) is 12.8. The summed E-state index contributed by atoms with van der Waals surface area (Å²) < 4.78 is 24.7. The Morgan fingerprint density at radius 1 is 1.38 bits per heavy atom. The molecule has 1 aliphatic rings. The van der Waals surface area contributed by atoms with E-state index in [0.29, 0.717) is 19.4 Å². The van der Waals surface area contributed by atoms with Gasteiger partial charge in [-0.25, -0.2) is 8.42 Å².